The van der Waals surface area contributed by atoms with E-state index in [9.17, 15) is 48.4 Å². The van der Waals surface area contributed by atoms with Crippen LogP contribution in [0.2, 0.25) is 0 Å². The second-order valence-electron chi connectivity index (χ2n) is 7.19. The largest absolute Gasteiger partial charge is 0.482 e. The molecule has 0 spiro atoms. The Kier molecular flexibility index (Phi) is 8.82. The molecule has 0 aliphatic carbocycles. The molecule has 0 radical (unpaired) electrons. The monoisotopic (exact) mass is 707 g/mol. The van der Waals surface area contributed by atoms with Gasteiger partial charge >= 0.3 is 5.97 Å². The first-order valence-corrected chi connectivity index (χ1v) is 13.8. The molecule has 0 saturated carbocycles. The number of esters is 1. The zero-order valence-electron chi connectivity index (χ0n) is 18.5. The van der Waals surface area contributed by atoms with Crippen LogP contribution < -0.4 is 14.2 Å². The molecule has 0 aliphatic heterocycles. The Bertz CT molecular complexity index is 1670. The van der Waals surface area contributed by atoms with Gasteiger partial charge in [-0.1, -0.05) is 0 Å². The maximum Gasteiger partial charge on any atom is 0.349 e. The number of halogens is 6. The summed E-state index contributed by atoms with van der Waals surface area (Å²) in [6.07, 6.45) is 0. The Morgan fingerprint density at radius 1 is 0.821 bits per heavy atom. The lowest BCUT2D eigenvalue weighted by Gasteiger charge is -2.11. The molecule has 0 saturated heterocycles. The number of carbonyl (C=O) groups is 2. The maximum atomic E-state index is 13.8. The van der Waals surface area contributed by atoms with Crippen LogP contribution in [0.4, 0.5) is 22.0 Å². The smallest absolute Gasteiger partial charge is 0.349 e. The molecule has 3 aromatic carbocycles. The Labute approximate surface area is 229 Å². The minimum absolute atomic E-state index is 0.0609. The fraction of sp³-hybridized carbons (Fsp3) is 0.0476. The number of nitrogens with one attached hydrogen (secondary N) is 1. The zero-order chi connectivity index (χ0) is 29.3. The van der Waals surface area contributed by atoms with Crippen LogP contribution in [0.3, 0.4) is 0 Å². The number of amides is 1. The quantitative estimate of drug-likeness (QED) is 0.0683. The summed E-state index contributed by atoms with van der Waals surface area (Å²) >= 11 is 1.62. The van der Waals surface area contributed by atoms with Crippen molar-refractivity contribution in [3.05, 3.63) is 80.7 Å². The zero-order valence-corrected chi connectivity index (χ0v) is 22.3. The van der Waals surface area contributed by atoms with Crippen LogP contribution in [0, 0.1) is 32.7 Å². The average Bonchev–Trinajstić information content (AvgIpc) is 2.84. The first-order valence-electron chi connectivity index (χ1n) is 9.82. The molecule has 0 bridgehead atoms. The molecule has 0 heterocycles. The van der Waals surface area contributed by atoms with Gasteiger partial charge in [-0.2, -0.15) is 8.42 Å². The van der Waals surface area contributed by atoms with Crippen LogP contribution in [0.1, 0.15) is 10.4 Å². The third kappa shape index (κ3) is 6.81. The lowest BCUT2D eigenvalue weighted by molar-refractivity contribution is -0.136. The van der Waals surface area contributed by atoms with Crippen LogP contribution in [-0.2, 0) is 24.9 Å². The van der Waals surface area contributed by atoms with Gasteiger partial charge in [0.15, 0.2) is 34.8 Å². The van der Waals surface area contributed by atoms with E-state index in [1.807, 2.05) is 0 Å². The normalized spacial score (nSPS) is 11.7. The molecule has 0 aliphatic rings. The van der Waals surface area contributed by atoms with Gasteiger partial charge in [0.05, 0.1) is 0 Å². The molecule has 208 valence electrons. The summed E-state index contributed by atoms with van der Waals surface area (Å²) < 4.78 is 135. The molecule has 0 atom stereocenters. The van der Waals surface area contributed by atoms with Crippen LogP contribution in [0.5, 0.6) is 11.5 Å². The van der Waals surface area contributed by atoms with Crippen molar-refractivity contribution in [3.63, 3.8) is 0 Å². The standard InChI is InChI=1S/C21H11F5INO9S2/c22-15-16(23)18(25)20(19(26)17(15)24)38(31,32)28-21(30)9-1-3-10(4-2-9)37-14(29)8-36-11-5-6-13(12(27)7-11)39(33,34)35/h1-7H,8H2,(H,28,30)(H,33,34,35). The minimum Gasteiger partial charge on any atom is -0.482 e. The van der Waals surface area contributed by atoms with Gasteiger partial charge in [0.1, 0.15) is 16.4 Å². The molecule has 3 rings (SSSR count). The fourth-order valence-corrected chi connectivity index (χ4v) is 5.79. The number of carbonyl (C=O) groups excluding carboxylic acids is 2. The van der Waals surface area contributed by atoms with Crippen molar-refractivity contribution in [2.45, 2.75) is 9.79 Å². The summed E-state index contributed by atoms with van der Waals surface area (Å²) in [5.41, 5.74) is -0.466. The molecule has 18 heteroatoms. The van der Waals surface area contributed by atoms with E-state index in [1.54, 1.807) is 22.6 Å². The number of rotatable bonds is 8. The second kappa shape index (κ2) is 11.4. The van der Waals surface area contributed by atoms with Crippen LogP contribution >= 0.6 is 22.6 Å². The van der Waals surface area contributed by atoms with E-state index in [-0.39, 0.29) is 20.0 Å². The summed E-state index contributed by atoms with van der Waals surface area (Å²) in [6, 6.07) is 7.32. The van der Waals surface area contributed by atoms with Crippen molar-refractivity contribution in [2.75, 3.05) is 6.61 Å². The van der Waals surface area contributed by atoms with Gasteiger partial charge < -0.3 is 9.47 Å². The minimum atomic E-state index is -5.55. The van der Waals surface area contributed by atoms with Crippen molar-refractivity contribution in [3.8, 4) is 11.5 Å². The summed E-state index contributed by atoms with van der Waals surface area (Å²) in [5.74, 6) is -15.6. The number of ether oxygens (including phenoxy) is 2. The van der Waals surface area contributed by atoms with E-state index in [0.29, 0.717) is 0 Å². The van der Waals surface area contributed by atoms with Crippen LogP contribution in [-0.4, -0.2) is 39.9 Å². The first kappa shape index (κ1) is 30.2. The highest BCUT2D eigenvalue weighted by atomic mass is 127. The molecule has 2 N–H and O–H groups in total. The van der Waals surface area contributed by atoms with Gasteiger partial charge in [-0.3, -0.25) is 9.35 Å². The fourth-order valence-electron chi connectivity index (χ4n) is 2.81. The Morgan fingerprint density at radius 3 is 1.85 bits per heavy atom. The average molecular weight is 707 g/mol. The van der Waals surface area contributed by atoms with Gasteiger partial charge in [-0.05, 0) is 65.1 Å². The maximum absolute atomic E-state index is 13.8. The predicted octanol–water partition coefficient (Wildman–Crippen LogP) is 3.34. The highest BCUT2D eigenvalue weighted by molar-refractivity contribution is 14.1. The molecular weight excluding hydrogens is 696 g/mol. The number of benzene rings is 3. The topological polar surface area (TPSA) is 153 Å². The molecule has 3 aromatic rings. The number of sulfonamides is 1. The molecule has 0 aromatic heterocycles. The molecule has 0 fully saturated rings. The van der Waals surface area contributed by atoms with Gasteiger partial charge in [-0.25, -0.2) is 39.9 Å². The van der Waals surface area contributed by atoms with Crippen LogP contribution in [0.15, 0.2) is 52.3 Å². The Hall–Kier alpha value is -3.36. The summed E-state index contributed by atoms with van der Waals surface area (Å²) in [6.45, 7) is -0.663. The molecular formula is C21H11F5INO9S2. The van der Waals surface area contributed by atoms with Crippen LogP contribution in [0.25, 0.3) is 0 Å². The van der Waals surface area contributed by atoms with Gasteiger partial charge in [0, 0.05) is 9.13 Å². The first-order chi connectivity index (χ1) is 18.0. The van der Waals surface area contributed by atoms with E-state index in [2.05, 4.69) is 0 Å². The van der Waals surface area contributed by atoms with E-state index in [1.165, 1.54) is 16.9 Å². The summed E-state index contributed by atoms with van der Waals surface area (Å²) in [4.78, 5) is 21.6. The third-order valence-corrected chi connectivity index (χ3v) is 8.07. The predicted molar refractivity (Wildman–Crippen MR) is 127 cm³/mol. The Balaban J connectivity index is 1.65. The highest BCUT2D eigenvalue weighted by Gasteiger charge is 2.34. The lowest BCUT2D eigenvalue weighted by atomic mass is 10.2. The number of hydrogen-bond donors (Lipinski definition) is 2. The third-order valence-electron chi connectivity index (χ3n) is 4.55. The van der Waals surface area contributed by atoms with Crippen molar-refractivity contribution in [2.24, 2.45) is 0 Å². The summed E-state index contributed by atoms with van der Waals surface area (Å²) in [7, 11) is -10.0. The van der Waals surface area contributed by atoms with Crippen molar-refractivity contribution >= 4 is 54.6 Å². The Morgan fingerprint density at radius 2 is 1.33 bits per heavy atom. The van der Waals surface area contributed by atoms with Crippen molar-refractivity contribution in [1.29, 1.82) is 0 Å². The SMILES string of the molecule is O=C(COc1ccc(S(=O)(=O)O)c(I)c1)Oc1ccc(C(=O)NS(=O)(=O)c2c(F)c(F)c(F)c(F)c2F)cc1. The van der Waals surface area contributed by atoms with E-state index >= 15 is 0 Å². The molecule has 10 nitrogen and oxygen atoms in total. The number of hydrogen-bond acceptors (Lipinski definition) is 8. The summed E-state index contributed by atoms with van der Waals surface area (Å²) in [5, 5.41) is 0. The van der Waals surface area contributed by atoms with Gasteiger partial charge in [0.2, 0.25) is 5.82 Å². The van der Waals surface area contributed by atoms with E-state index < -0.39 is 78.2 Å². The lowest BCUT2D eigenvalue weighted by Crippen LogP contribution is -2.32. The van der Waals surface area contributed by atoms with Gasteiger partial charge in [-0.15, -0.1) is 0 Å². The van der Waals surface area contributed by atoms with E-state index in [4.69, 9.17) is 14.0 Å². The van der Waals surface area contributed by atoms with Gasteiger partial charge in [0.25, 0.3) is 26.0 Å². The van der Waals surface area contributed by atoms with E-state index in [0.717, 1.165) is 30.3 Å². The molecule has 0 unspecified atom stereocenters. The highest BCUT2D eigenvalue weighted by Crippen LogP contribution is 2.27. The molecule has 39 heavy (non-hydrogen) atoms. The second-order valence-corrected chi connectivity index (χ2v) is 11.4. The van der Waals surface area contributed by atoms with Crippen molar-refractivity contribution < 1.29 is 62.4 Å². The van der Waals surface area contributed by atoms with Crippen molar-refractivity contribution in [1.82, 2.24) is 4.72 Å². The molecule has 1 amide bonds.